The second-order valence-electron chi connectivity index (χ2n) is 9.48. The maximum absolute atomic E-state index is 12.0. The minimum Gasteiger partial charge on any atom is -0.481 e. The van der Waals surface area contributed by atoms with Gasteiger partial charge in [-0.25, -0.2) is 0 Å². The maximum atomic E-state index is 12.0. The van der Waals surface area contributed by atoms with Gasteiger partial charge in [-0.2, -0.15) is 0 Å². The Hall–Kier alpha value is -2.28. The first-order chi connectivity index (χ1) is 15.1. The molecule has 0 radical (unpaired) electrons. The van der Waals surface area contributed by atoms with Crippen molar-refractivity contribution in [3.8, 4) is 0 Å². The largest absolute Gasteiger partial charge is 0.481 e. The molecule has 2 atom stereocenters. The summed E-state index contributed by atoms with van der Waals surface area (Å²) in [5.74, 6) is -1.36. The van der Waals surface area contributed by atoms with E-state index in [1.807, 2.05) is 43.3 Å². The van der Waals surface area contributed by atoms with Crippen molar-refractivity contribution in [3.05, 3.63) is 60.7 Å². The average Bonchev–Trinajstić information content (AvgIpc) is 2.75. The van der Waals surface area contributed by atoms with Crippen LogP contribution in [-0.2, 0) is 14.0 Å². The first-order valence-corrected chi connectivity index (χ1v) is 13.2. The van der Waals surface area contributed by atoms with Crippen LogP contribution in [0.5, 0.6) is 0 Å². The normalized spacial score (nSPS) is 14.0. The molecule has 0 heterocycles. The highest BCUT2D eigenvalue weighted by Crippen LogP contribution is 2.37. The lowest BCUT2D eigenvalue weighted by atomic mass is 9.95. The van der Waals surface area contributed by atoms with Crippen molar-refractivity contribution in [2.75, 3.05) is 6.61 Å². The fraction of sp³-hybridized carbons (Fsp3) is 0.462. The van der Waals surface area contributed by atoms with Gasteiger partial charge in [0.2, 0.25) is 0 Å². The van der Waals surface area contributed by atoms with Crippen LogP contribution >= 0.6 is 0 Å². The highest BCUT2D eigenvalue weighted by atomic mass is 28.4. The predicted molar refractivity (Wildman–Crippen MR) is 130 cm³/mol. The first-order valence-electron chi connectivity index (χ1n) is 11.2. The Kier molecular flexibility index (Phi) is 9.37. The zero-order valence-corrected chi connectivity index (χ0v) is 20.6. The number of hydrogen-bond donors (Lipinski definition) is 2. The minimum atomic E-state index is -2.65. The summed E-state index contributed by atoms with van der Waals surface area (Å²) in [5.41, 5.74) is 0. The van der Waals surface area contributed by atoms with Crippen LogP contribution < -0.4 is 10.4 Å². The third-order valence-electron chi connectivity index (χ3n) is 5.97. The molecule has 0 spiro atoms. The summed E-state index contributed by atoms with van der Waals surface area (Å²) in [6, 6.07) is 20.7. The Morgan fingerprint density at radius 3 is 1.88 bits per heavy atom. The Labute approximate surface area is 192 Å². The highest BCUT2D eigenvalue weighted by Gasteiger charge is 2.50. The Morgan fingerprint density at radius 2 is 1.44 bits per heavy atom. The summed E-state index contributed by atoms with van der Waals surface area (Å²) < 4.78 is 6.79. The lowest BCUT2D eigenvalue weighted by molar-refractivity contribution is -0.138. The molecule has 0 bridgehead atoms. The third-order valence-corrected chi connectivity index (χ3v) is 11.0. The van der Waals surface area contributed by atoms with Crippen molar-refractivity contribution in [2.45, 2.75) is 64.5 Å². The molecule has 174 valence electrons. The van der Waals surface area contributed by atoms with Crippen LogP contribution in [0.3, 0.4) is 0 Å². The van der Waals surface area contributed by atoms with Gasteiger partial charge in [0, 0.05) is 19.4 Å². The minimum absolute atomic E-state index is 0.00492. The standard InChI is InChI=1S/C26H36O5Si/c1-20(19-21(27)15-16-25(29)30)24(28)17-18-31-32(26(2,3)4,22-11-7-5-8-12-22)23-13-9-6-10-14-23/h5-14,20,24,28H,15-19H2,1-4H3,(H,29,30)/t20-,24-/m1/s1. The van der Waals surface area contributed by atoms with Gasteiger partial charge >= 0.3 is 5.97 Å². The van der Waals surface area contributed by atoms with Gasteiger partial charge in [-0.05, 0) is 27.8 Å². The first kappa shape index (κ1) is 26.0. The number of aliphatic hydroxyl groups excluding tert-OH is 1. The molecule has 0 fully saturated rings. The molecule has 0 aromatic heterocycles. The average molecular weight is 457 g/mol. The fourth-order valence-electron chi connectivity index (χ4n) is 4.22. The molecule has 0 saturated heterocycles. The van der Waals surface area contributed by atoms with E-state index < -0.39 is 20.4 Å². The number of carboxylic acids is 1. The molecule has 0 saturated carbocycles. The number of ketones is 1. The number of aliphatic carboxylic acids is 1. The van der Waals surface area contributed by atoms with Crippen molar-refractivity contribution in [2.24, 2.45) is 5.92 Å². The van der Waals surface area contributed by atoms with Crippen LogP contribution in [0.25, 0.3) is 0 Å². The molecule has 6 heteroatoms. The molecular formula is C26H36O5Si. The fourth-order valence-corrected chi connectivity index (χ4v) is 8.80. The summed E-state index contributed by atoms with van der Waals surface area (Å²) in [7, 11) is -2.65. The lowest BCUT2D eigenvalue weighted by Crippen LogP contribution is -2.66. The van der Waals surface area contributed by atoms with Gasteiger partial charge in [0.25, 0.3) is 8.32 Å². The van der Waals surface area contributed by atoms with Crippen LogP contribution in [0.2, 0.25) is 5.04 Å². The van der Waals surface area contributed by atoms with Crippen LogP contribution in [-0.4, -0.2) is 43.0 Å². The van der Waals surface area contributed by atoms with E-state index in [1.54, 1.807) is 0 Å². The van der Waals surface area contributed by atoms with Crippen LogP contribution in [0.1, 0.15) is 53.4 Å². The summed E-state index contributed by atoms with van der Waals surface area (Å²) in [6.07, 6.45) is -0.267. The van der Waals surface area contributed by atoms with Gasteiger partial charge in [0.15, 0.2) is 0 Å². The van der Waals surface area contributed by atoms with Crippen LogP contribution in [0.4, 0.5) is 0 Å². The monoisotopic (exact) mass is 456 g/mol. The zero-order chi connectivity index (χ0) is 23.8. The summed E-state index contributed by atoms with van der Waals surface area (Å²) in [5, 5.41) is 21.6. The van der Waals surface area contributed by atoms with Gasteiger partial charge in [0.05, 0.1) is 12.5 Å². The molecule has 32 heavy (non-hydrogen) atoms. The molecule has 2 aromatic rings. The van der Waals surface area contributed by atoms with Gasteiger partial charge in [0.1, 0.15) is 5.78 Å². The topological polar surface area (TPSA) is 83.8 Å². The van der Waals surface area contributed by atoms with Crippen molar-refractivity contribution in [3.63, 3.8) is 0 Å². The molecule has 2 rings (SSSR count). The van der Waals surface area contributed by atoms with E-state index in [2.05, 4.69) is 45.0 Å². The van der Waals surface area contributed by atoms with E-state index in [-0.39, 0.29) is 36.0 Å². The number of hydrogen-bond acceptors (Lipinski definition) is 4. The number of benzene rings is 2. The second kappa shape index (κ2) is 11.5. The lowest BCUT2D eigenvalue weighted by Gasteiger charge is -2.43. The molecule has 2 N–H and O–H groups in total. The molecule has 0 unspecified atom stereocenters. The number of carbonyl (C=O) groups is 2. The van der Waals surface area contributed by atoms with Crippen molar-refractivity contribution in [1.29, 1.82) is 0 Å². The van der Waals surface area contributed by atoms with Crippen molar-refractivity contribution >= 4 is 30.4 Å². The van der Waals surface area contributed by atoms with Crippen LogP contribution in [0.15, 0.2) is 60.7 Å². The molecule has 5 nitrogen and oxygen atoms in total. The number of Topliss-reactive ketones (excluding diaryl/α,β-unsaturated/α-hetero) is 1. The summed E-state index contributed by atoms with van der Waals surface area (Å²) in [6.45, 7) is 8.83. The molecule has 0 aliphatic carbocycles. The van der Waals surface area contributed by atoms with E-state index in [1.165, 1.54) is 10.4 Å². The van der Waals surface area contributed by atoms with Gasteiger partial charge in [-0.1, -0.05) is 88.4 Å². The quantitative estimate of drug-likeness (QED) is 0.475. The van der Waals surface area contributed by atoms with E-state index in [0.717, 1.165) is 0 Å². The highest BCUT2D eigenvalue weighted by molar-refractivity contribution is 6.99. The van der Waals surface area contributed by atoms with Crippen molar-refractivity contribution < 1.29 is 24.2 Å². The summed E-state index contributed by atoms with van der Waals surface area (Å²) >= 11 is 0. The Balaban J connectivity index is 2.16. The smallest absolute Gasteiger partial charge is 0.303 e. The molecular weight excluding hydrogens is 420 g/mol. The Morgan fingerprint density at radius 1 is 0.938 bits per heavy atom. The van der Waals surface area contributed by atoms with E-state index in [4.69, 9.17) is 9.53 Å². The Bertz CT molecular complexity index is 821. The molecule has 0 aliphatic heterocycles. The molecule has 2 aromatic carbocycles. The van der Waals surface area contributed by atoms with Gasteiger partial charge < -0.3 is 14.6 Å². The van der Waals surface area contributed by atoms with Gasteiger partial charge in [-0.15, -0.1) is 0 Å². The number of rotatable bonds is 12. The predicted octanol–water partition coefficient (Wildman–Crippen LogP) is 3.77. The third kappa shape index (κ3) is 6.61. The zero-order valence-electron chi connectivity index (χ0n) is 19.6. The SMILES string of the molecule is C[C@H](CC(=O)CCC(=O)O)[C@H](O)CCO[Si](c1ccccc1)(c1ccccc1)C(C)(C)C. The maximum Gasteiger partial charge on any atom is 0.303 e. The van der Waals surface area contributed by atoms with Crippen LogP contribution in [0, 0.1) is 5.92 Å². The molecule has 0 aliphatic rings. The number of carbonyl (C=O) groups excluding carboxylic acids is 1. The second-order valence-corrected chi connectivity index (χ2v) is 13.8. The van der Waals surface area contributed by atoms with E-state index in [0.29, 0.717) is 13.0 Å². The number of aliphatic hydroxyl groups is 1. The molecule has 0 amide bonds. The van der Waals surface area contributed by atoms with E-state index in [9.17, 15) is 14.7 Å². The van der Waals surface area contributed by atoms with Crippen molar-refractivity contribution in [1.82, 2.24) is 0 Å². The number of carboxylic acid groups (broad SMARTS) is 1. The van der Waals surface area contributed by atoms with Gasteiger partial charge in [-0.3, -0.25) is 9.59 Å². The van der Waals surface area contributed by atoms with E-state index >= 15 is 0 Å². The summed E-state index contributed by atoms with van der Waals surface area (Å²) in [4.78, 5) is 22.7.